The Morgan fingerprint density at radius 3 is 2.77 bits per heavy atom. The van der Waals surface area contributed by atoms with E-state index in [1.54, 1.807) is 7.11 Å². The van der Waals surface area contributed by atoms with E-state index in [1.807, 2.05) is 54.6 Å². The van der Waals surface area contributed by atoms with Crippen LogP contribution in [0.15, 0.2) is 59.1 Å². The largest absolute Gasteiger partial charge is 0.497 e. The average Bonchev–Trinajstić information content (AvgIpc) is 3.05. The van der Waals surface area contributed by atoms with Gasteiger partial charge in [-0.1, -0.05) is 29.4 Å². The highest BCUT2D eigenvalue weighted by Crippen LogP contribution is 2.22. The SMILES string of the molecule is COc1cccc(-c2nc(CCNc3ccccc3)no2)c1. The summed E-state index contributed by atoms with van der Waals surface area (Å²) in [5.41, 5.74) is 1.94. The van der Waals surface area contributed by atoms with Crippen LogP contribution >= 0.6 is 0 Å². The minimum absolute atomic E-state index is 0.508. The minimum Gasteiger partial charge on any atom is -0.497 e. The third-order valence-corrected chi connectivity index (χ3v) is 3.24. The van der Waals surface area contributed by atoms with Gasteiger partial charge >= 0.3 is 0 Å². The first-order chi connectivity index (χ1) is 10.8. The van der Waals surface area contributed by atoms with E-state index in [4.69, 9.17) is 9.26 Å². The van der Waals surface area contributed by atoms with Crippen molar-refractivity contribution in [2.45, 2.75) is 6.42 Å². The molecule has 1 aromatic heterocycles. The maximum Gasteiger partial charge on any atom is 0.258 e. The Morgan fingerprint density at radius 1 is 1.09 bits per heavy atom. The first-order valence-corrected chi connectivity index (χ1v) is 7.11. The predicted octanol–water partition coefficient (Wildman–Crippen LogP) is 3.40. The number of rotatable bonds is 6. The molecule has 0 radical (unpaired) electrons. The van der Waals surface area contributed by atoms with Gasteiger partial charge in [0.25, 0.3) is 5.89 Å². The zero-order valence-electron chi connectivity index (χ0n) is 12.3. The third-order valence-electron chi connectivity index (χ3n) is 3.24. The van der Waals surface area contributed by atoms with E-state index in [0.717, 1.165) is 23.5 Å². The van der Waals surface area contributed by atoms with Crippen LogP contribution in [0, 0.1) is 0 Å². The molecule has 3 aromatic rings. The van der Waals surface area contributed by atoms with Gasteiger partial charge in [-0.15, -0.1) is 0 Å². The van der Waals surface area contributed by atoms with Crippen LogP contribution in [-0.2, 0) is 6.42 Å². The Bertz CT molecular complexity index is 726. The minimum atomic E-state index is 0.508. The average molecular weight is 295 g/mol. The molecule has 1 N–H and O–H groups in total. The molecular weight excluding hydrogens is 278 g/mol. The van der Waals surface area contributed by atoms with Crippen molar-refractivity contribution in [3.8, 4) is 17.2 Å². The standard InChI is InChI=1S/C17H17N3O2/c1-21-15-9-5-6-13(12-15)17-19-16(20-22-17)10-11-18-14-7-3-2-4-8-14/h2-9,12,18H,10-11H2,1H3. The summed E-state index contributed by atoms with van der Waals surface area (Å²) in [7, 11) is 1.63. The zero-order chi connectivity index (χ0) is 15.2. The molecule has 0 saturated carbocycles. The topological polar surface area (TPSA) is 60.2 Å². The summed E-state index contributed by atoms with van der Waals surface area (Å²) >= 11 is 0. The molecule has 3 rings (SSSR count). The second kappa shape index (κ2) is 6.76. The molecule has 0 fully saturated rings. The van der Waals surface area contributed by atoms with Gasteiger partial charge in [0.15, 0.2) is 5.82 Å². The third kappa shape index (κ3) is 3.44. The summed E-state index contributed by atoms with van der Waals surface area (Å²) in [6, 6.07) is 17.6. The quantitative estimate of drug-likeness (QED) is 0.755. The van der Waals surface area contributed by atoms with Crippen molar-refractivity contribution in [1.29, 1.82) is 0 Å². The Morgan fingerprint density at radius 2 is 1.95 bits per heavy atom. The number of nitrogens with one attached hydrogen (secondary N) is 1. The van der Waals surface area contributed by atoms with E-state index >= 15 is 0 Å². The van der Waals surface area contributed by atoms with Crippen LogP contribution < -0.4 is 10.1 Å². The van der Waals surface area contributed by atoms with E-state index < -0.39 is 0 Å². The molecule has 22 heavy (non-hydrogen) atoms. The van der Waals surface area contributed by atoms with Crippen LogP contribution in [0.25, 0.3) is 11.5 Å². The fraction of sp³-hybridized carbons (Fsp3) is 0.176. The number of para-hydroxylation sites is 1. The number of nitrogens with zero attached hydrogens (tertiary/aromatic N) is 2. The van der Waals surface area contributed by atoms with Gasteiger partial charge in [0.05, 0.1) is 7.11 Å². The summed E-state index contributed by atoms with van der Waals surface area (Å²) in [4.78, 5) is 4.41. The molecular formula is C17H17N3O2. The van der Waals surface area contributed by atoms with Crippen LogP contribution in [0.5, 0.6) is 5.75 Å². The molecule has 5 heteroatoms. The zero-order valence-corrected chi connectivity index (χ0v) is 12.3. The van der Waals surface area contributed by atoms with E-state index in [1.165, 1.54) is 0 Å². The molecule has 0 amide bonds. The molecule has 0 saturated heterocycles. The second-order valence-corrected chi connectivity index (χ2v) is 4.79. The molecule has 112 valence electrons. The molecule has 0 spiro atoms. The number of aromatic nitrogens is 2. The second-order valence-electron chi connectivity index (χ2n) is 4.79. The molecule has 0 atom stereocenters. The molecule has 0 aliphatic carbocycles. The maximum absolute atomic E-state index is 5.31. The fourth-order valence-electron chi connectivity index (χ4n) is 2.10. The van der Waals surface area contributed by atoms with Crippen molar-refractivity contribution in [1.82, 2.24) is 10.1 Å². The number of ether oxygens (including phenoxy) is 1. The number of anilines is 1. The maximum atomic E-state index is 5.31. The molecule has 0 aliphatic rings. The van der Waals surface area contributed by atoms with Crippen molar-refractivity contribution in [2.24, 2.45) is 0 Å². The molecule has 0 unspecified atom stereocenters. The number of benzene rings is 2. The lowest BCUT2D eigenvalue weighted by molar-refractivity contribution is 0.412. The lowest BCUT2D eigenvalue weighted by Crippen LogP contribution is -2.05. The molecule has 5 nitrogen and oxygen atoms in total. The lowest BCUT2D eigenvalue weighted by Gasteiger charge is -2.03. The highest BCUT2D eigenvalue weighted by atomic mass is 16.5. The monoisotopic (exact) mass is 295 g/mol. The van der Waals surface area contributed by atoms with Crippen molar-refractivity contribution >= 4 is 5.69 Å². The van der Waals surface area contributed by atoms with Gasteiger partial charge in [0.2, 0.25) is 0 Å². The van der Waals surface area contributed by atoms with E-state index in [2.05, 4.69) is 15.5 Å². The summed E-state index contributed by atoms with van der Waals surface area (Å²) in [5, 5.41) is 7.33. The normalized spacial score (nSPS) is 10.4. The molecule has 2 aromatic carbocycles. The first-order valence-electron chi connectivity index (χ1n) is 7.11. The Balaban J connectivity index is 1.61. The number of hydrogen-bond donors (Lipinski definition) is 1. The fourth-order valence-corrected chi connectivity index (χ4v) is 2.10. The number of hydrogen-bond acceptors (Lipinski definition) is 5. The van der Waals surface area contributed by atoms with Crippen molar-refractivity contribution in [2.75, 3.05) is 19.0 Å². The van der Waals surface area contributed by atoms with Gasteiger partial charge in [-0.25, -0.2) is 0 Å². The summed E-state index contributed by atoms with van der Waals surface area (Å²) in [5.74, 6) is 1.96. The summed E-state index contributed by atoms with van der Waals surface area (Å²) in [6.45, 7) is 0.751. The van der Waals surface area contributed by atoms with Gasteiger partial charge in [-0.3, -0.25) is 0 Å². The Kier molecular flexibility index (Phi) is 4.34. The molecule has 1 heterocycles. The van der Waals surface area contributed by atoms with Crippen LogP contribution in [0.1, 0.15) is 5.82 Å². The number of methoxy groups -OCH3 is 1. The van der Waals surface area contributed by atoms with Gasteiger partial charge in [0, 0.05) is 24.2 Å². The smallest absolute Gasteiger partial charge is 0.258 e. The lowest BCUT2D eigenvalue weighted by atomic mass is 10.2. The summed E-state index contributed by atoms with van der Waals surface area (Å²) < 4.78 is 10.5. The Labute approximate surface area is 128 Å². The van der Waals surface area contributed by atoms with Crippen molar-refractivity contribution in [3.05, 3.63) is 60.4 Å². The first kappa shape index (κ1) is 14.1. The molecule has 0 bridgehead atoms. The van der Waals surface area contributed by atoms with Crippen LogP contribution in [0.3, 0.4) is 0 Å². The van der Waals surface area contributed by atoms with Gasteiger partial charge < -0.3 is 14.6 Å². The van der Waals surface area contributed by atoms with E-state index in [-0.39, 0.29) is 0 Å². The van der Waals surface area contributed by atoms with E-state index in [9.17, 15) is 0 Å². The van der Waals surface area contributed by atoms with Crippen molar-refractivity contribution in [3.63, 3.8) is 0 Å². The van der Waals surface area contributed by atoms with Crippen LogP contribution in [0.4, 0.5) is 5.69 Å². The molecule has 0 aliphatic heterocycles. The van der Waals surface area contributed by atoms with Crippen LogP contribution in [0.2, 0.25) is 0 Å². The van der Waals surface area contributed by atoms with Gasteiger partial charge in [-0.05, 0) is 30.3 Å². The van der Waals surface area contributed by atoms with Crippen molar-refractivity contribution < 1.29 is 9.26 Å². The van der Waals surface area contributed by atoms with Crippen LogP contribution in [-0.4, -0.2) is 23.8 Å². The van der Waals surface area contributed by atoms with Gasteiger partial charge in [-0.2, -0.15) is 4.98 Å². The van der Waals surface area contributed by atoms with E-state index in [0.29, 0.717) is 18.1 Å². The summed E-state index contributed by atoms with van der Waals surface area (Å²) in [6.07, 6.45) is 0.697. The predicted molar refractivity (Wildman–Crippen MR) is 84.9 cm³/mol. The van der Waals surface area contributed by atoms with Gasteiger partial charge in [0.1, 0.15) is 5.75 Å². The Hall–Kier alpha value is -2.82. The highest BCUT2D eigenvalue weighted by Gasteiger charge is 2.09. The highest BCUT2D eigenvalue weighted by molar-refractivity contribution is 5.55.